The van der Waals surface area contributed by atoms with E-state index in [1.165, 1.54) is 13.0 Å². The number of halogens is 1. The van der Waals surface area contributed by atoms with Crippen molar-refractivity contribution in [3.05, 3.63) is 69.5 Å². The number of hydrogen-bond donors (Lipinski definition) is 2. The first-order valence-electron chi connectivity index (χ1n) is 7.35. The van der Waals surface area contributed by atoms with Crippen LogP contribution in [0.25, 0.3) is 11.0 Å². The molecule has 0 aliphatic carbocycles. The molecule has 126 valence electrons. The summed E-state index contributed by atoms with van der Waals surface area (Å²) in [5.41, 5.74) is 0.573. The van der Waals surface area contributed by atoms with Crippen LogP contribution in [0.15, 0.2) is 57.7 Å². The van der Waals surface area contributed by atoms with Crippen molar-refractivity contribution < 1.29 is 14.0 Å². The highest BCUT2D eigenvalue weighted by Crippen LogP contribution is 2.20. The molecule has 1 heterocycles. The van der Waals surface area contributed by atoms with Crippen molar-refractivity contribution in [2.75, 3.05) is 10.6 Å². The topological polar surface area (TPSA) is 88.4 Å². The van der Waals surface area contributed by atoms with Gasteiger partial charge in [0.05, 0.1) is 0 Å². The van der Waals surface area contributed by atoms with Gasteiger partial charge in [-0.1, -0.05) is 11.6 Å². The molecule has 0 aliphatic rings. The first kappa shape index (κ1) is 16.7. The van der Waals surface area contributed by atoms with Gasteiger partial charge in [-0.25, -0.2) is 4.79 Å². The second-order valence-electron chi connectivity index (χ2n) is 5.34. The minimum Gasteiger partial charge on any atom is -0.422 e. The minimum absolute atomic E-state index is 0.124. The van der Waals surface area contributed by atoms with E-state index >= 15 is 0 Å². The van der Waals surface area contributed by atoms with Crippen LogP contribution in [-0.2, 0) is 4.79 Å². The minimum atomic E-state index is -0.734. The Morgan fingerprint density at radius 3 is 2.24 bits per heavy atom. The number of carbonyl (C=O) groups is 2. The Morgan fingerprint density at radius 2 is 1.60 bits per heavy atom. The molecule has 2 N–H and O–H groups in total. The van der Waals surface area contributed by atoms with Crippen molar-refractivity contribution in [3.8, 4) is 0 Å². The molecule has 2 aromatic carbocycles. The van der Waals surface area contributed by atoms with E-state index in [4.69, 9.17) is 16.0 Å². The summed E-state index contributed by atoms with van der Waals surface area (Å²) in [7, 11) is 0. The highest BCUT2D eigenvalue weighted by molar-refractivity contribution is 6.31. The van der Waals surface area contributed by atoms with Crippen LogP contribution in [0.3, 0.4) is 0 Å². The van der Waals surface area contributed by atoms with Crippen LogP contribution in [0.4, 0.5) is 11.4 Å². The fourth-order valence-corrected chi connectivity index (χ4v) is 2.47. The molecular formula is C18H13ClN2O4. The number of fused-ring (bicyclic) bond motifs is 1. The Morgan fingerprint density at radius 1 is 0.960 bits per heavy atom. The Hall–Kier alpha value is -3.12. The summed E-state index contributed by atoms with van der Waals surface area (Å²) >= 11 is 5.92. The molecule has 3 rings (SSSR count). The van der Waals surface area contributed by atoms with Crippen molar-refractivity contribution in [1.82, 2.24) is 0 Å². The maximum absolute atomic E-state index is 12.4. The van der Waals surface area contributed by atoms with Crippen LogP contribution < -0.4 is 16.3 Å². The van der Waals surface area contributed by atoms with Gasteiger partial charge < -0.3 is 15.1 Å². The molecule has 0 saturated carbocycles. The smallest absolute Gasteiger partial charge is 0.349 e. The van der Waals surface area contributed by atoms with Crippen LogP contribution in [0.2, 0.25) is 5.02 Å². The Kier molecular flexibility index (Phi) is 4.54. The number of rotatable bonds is 3. The van der Waals surface area contributed by atoms with Crippen molar-refractivity contribution in [2.45, 2.75) is 6.92 Å². The highest BCUT2D eigenvalue weighted by Gasteiger charge is 2.14. The quantitative estimate of drug-likeness (QED) is 0.701. The zero-order valence-electron chi connectivity index (χ0n) is 13.1. The van der Waals surface area contributed by atoms with Gasteiger partial charge in [-0.15, -0.1) is 0 Å². The molecule has 3 aromatic rings. The lowest BCUT2D eigenvalue weighted by Gasteiger charge is -2.07. The molecule has 7 heteroatoms. The first-order chi connectivity index (χ1) is 11.9. The Labute approximate surface area is 147 Å². The van der Waals surface area contributed by atoms with E-state index in [1.807, 2.05) is 0 Å². The van der Waals surface area contributed by atoms with Gasteiger partial charge in [-0.3, -0.25) is 9.59 Å². The molecule has 0 spiro atoms. The lowest BCUT2D eigenvalue weighted by molar-refractivity contribution is -0.114. The largest absolute Gasteiger partial charge is 0.422 e. The van der Waals surface area contributed by atoms with Crippen LogP contribution in [0.1, 0.15) is 17.3 Å². The average Bonchev–Trinajstić information content (AvgIpc) is 2.56. The van der Waals surface area contributed by atoms with Crippen LogP contribution in [0.5, 0.6) is 0 Å². The fourth-order valence-electron chi connectivity index (χ4n) is 2.29. The Balaban J connectivity index is 1.85. The summed E-state index contributed by atoms with van der Waals surface area (Å²) in [6, 6.07) is 12.7. The van der Waals surface area contributed by atoms with Crippen LogP contribution in [-0.4, -0.2) is 11.8 Å². The summed E-state index contributed by atoms with van der Waals surface area (Å²) < 4.78 is 5.15. The summed E-state index contributed by atoms with van der Waals surface area (Å²) in [6.45, 7) is 1.40. The number of hydrogen-bond acceptors (Lipinski definition) is 4. The Bertz CT molecular complexity index is 1030. The zero-order chi connectivity index (χ0) is 18.0. The van der Waals surface area contributed by atoms with E-state index in [9.17, 15) is 14.4 Å². The summed E-state index contributed by atoms with van der Waals surface area (Å²) in [5.74, 6) is -0.785. The number of anilines is 2. The predicted octanol–water partition coefficient (Wildman–Crippen LogP) is 3.66. The van der Waals surface area contributed by atoms with Crippen molar-refractivity contribution in [1.29, 1.82) is 0 Å². The van der Waals surface area contributed by atoms with Crippen molar-refractivity contribution in [2.24, 2.45) is 0 Å². The molecule has 0 saturated heterocycles. The number of benzene rings is 2. The first-order valence-corrected chi connectivity index (χ1v) is 7.72. The molecule has 0 radical (unpaired) electrons. The standard InChI is InChI=1S/C18H13ClN2O4/c1-10(22)20-13-3-5-14(6-4-13)21-17(23)15-9-11-8-12(19)2-7-16(11)25-18(15)24/h2-9H,1H3,(H,20,22)(H,21,23). The normalized spacial score (nSPS) is 10.5. The van der Waals surface area contributed by atoms with E-state index in [1.54, 1.807) is 42.5 Å². The third-order valence-corrected chi connectivity index (χ3v) is 3.64. The van der Waals surface area contributed by atoms with Gasteiger partial charge in [-0.05, 0) is 48.5 Å². The van der Waals surface area contributed by atoms with E-state index in [0.29, 0.717) is 27.4 Å². The van der Waals surface area contributed by atoms with Crippen LogP contribution in [0, 0.1) is 0 Å². The molecule has 0 atom stereocenters. The van der Waals surface area contributed by atoms with Crippen LogP contribution >= 0.6 is 11.6 Å². The summed E-state index contributed by atoms with van der Waals surface area (Å²) in [4.78, 5) is 35.4. The molecule has 2 amide bonds. The van der Waals surface area contributed by atoms with Gasteiger partial charge in [0.1, 0.15) is 11.1 Å². The number of carbonyl (C=O) groups excluding carboxylic acids is 2. The van der Waals surface area contributed by atoms with Crippen molar-refractivity contribution >= 4 is 45.8 Å². The SMILES string of the molecule is CC(=O)Nc1ccc(NC(=O)c2cc3cc(Cl)ccc3oc2=O)cc1. The second kappa shape index (κ2) is 6.78. The van der Waals surface area contributed by atoms with E-state index < -0.39 is 11.5 Å². The molecule has 1 aromatic heterocycles. The molecule has 25 heavy (non-hydrogen) atoms. The monoisotopic (exact) mass is 356 g/mol. The second-order valence-corrected chi connectivity index (χ2v) is 5.78. The van der Waals surface area contributed by atoms with Gasteiger partial charge in [-0.2, -0.15) is 0 Å². The third-order valence-electron chi connectivity index (χ3n) is 3.40. The summed E-state index contributed by atoms with van der Waals surface area (Å²) in [5, 5.41) is 6.26. The molecule has 0 aliphatic heterocycles. The van der Waals surface area contributed by atoms with Gasteiger partial charge in [0, 0.05) is 28.7 Å². The number of amides is 2. The van der Waals surface area contributed by atoms with E-state index in [2.05, 4.69) is 10.6 Å². The average molecular weight is 357 g/mol. The lowest BCUT2D eigenvalue weighted by atomic mass is 10.1. The molecular weight excluding hydrogens is 344 g/mol. The van der Waals surface area contributed by atoms with E-state index in [-0.39, 0.29) is 11.5 Å². The molecule has 0 fully saturated rings. The van der Waals surface area contributed by atoms with E-state index in [0.717, 1.165) is 0 Å². The third kappa shape index (κ3) is 3.87. The molecule has 0 unspecified atom stereocenters. The zero-order valence-corrected chi connectivity index (χ0v) is 13.9. The maximum Gasteiger partial charge on any atom is 0.349 e. The number of nitrogens with one attached hydrogen (secondary N) is 2. The highest BCUT2D eigenvalue weighted by atomic mass is 35.5. The van der Waals surface area contributed by atoms with Gasteiger partial charge in [0.25, 0.3) is 5.91 Å². The molecule has 6 nitrogen and oxygen atoms in total. The van der Waals surface area contributed by atoms with Crippen molar-refractivity contribution in [3.63, 3.8) is 0 Å². The van der Waals surface area contributed by atoms with Gasteiger partial charge >= 0.3 is 5.63 Å². The maximum atomic E-state index is 12.4. The fraction of sp³-hybridized carbons (Fsp3) is 0.0556. The molecule has 0 bridgehead atoms. The van der Waals surface area contributed by atoms with Gasteiger partial charge in [0.2, 0.25) is 5.91 Å². The predicted molar refractivity (Wildman–Crippen MR) is 96.2 cm³/mol. The summed E-state index contributed by atoms with van der Waals surface area (Å²) in [6.07, 6.45) is 0. The van der Waals surface area contributed by atoms with Gasteiger partial charge in [0.15, 0.2) is 0 Å². The lowest BCUT2D eigenvalue weighted by Crippen LogP contribution is -2.20.